The van der Waals surface area contributed by atoms with Gasteiger partial charge in [0.15, 0.2) is 0 Å². The van der Waals surface area contributed by atoms with E-state index in [2.05, 4.69) is 37.4 Å². The number of benzene rings is 3. The molecule has 2 N–H and O–H groups in total. The second-order valence-electron chi connectivity index (χ2n) is 8.00. The summed E-state index contributed by atoms with van der Waals surface area (Å²) in [5.74, 6) is 6.79. The lowest BCUT2D eigenvalue weighted by molar-refractivity contribution is -0.111. The molecule has 0 aliphatic heterocycles. The lowest BCUT2D eigenvalue weighted by Crippen LogP contribution is -2.08. The molecule has 1 amide bonds. The molecule has 3 aromatic carbocycles. The average molecular weight is 463 g/mol. The fourth-order valence-corrected chi connectivity index (χ4v) is 3.79. The Hall–Kier alpha value is -4.90. The van der Waals surface area contributed by atoms with Gasteiger partial charge in [-0.2, -0.15) is 0 Å². The van der Waals surface area contributed by atoms with Gasteiger partial charge in [0.05, 0.1) is 22.9 Å². The van der Waals surface area contributed by atoms with E-state index < -0.39 is 0 Å². The molecule has 35 heavy (non-hydrogen) atoms. The number of fused-ring (bicyclic) bond motifs is 2. The Labute approximate surface area is 202 Å². The van der Waals surface area contributed by atoms with Crippen LogP contribution < -0.4 is 15.4 Å². The standard InChI is InChI=1S/C27H22N6O2/c1-4-5-26(34)31-19-6-9-22-21(13-19)27(29-15-28-22)32-18-7-11-25(17(2)12-18)35-20-8-10-24-23(14-20)30-16-33(24)3/h6-16H,1-3H3,(H,31,34)(H,28,29,32). The van der Waals surface area contributed by atoms with Crippen LogP contribution >= 0.6 is 0 Å². The van der Waals surface area contributed by atoms with Gasteiger partial charge in [-0.15, -0.1) is 0 Å². The topological polar surface area (TPSA) is 94.0 Å². The first-order valence-electron chi connectivity index (χ1n) is 11.0. The van der Waals surface area contributed by atoms with E-state index in [0.29, 0.717) is 11.5 Å². The van der Waals surface area contributed by atoms with Gasteiger partial charge in [-0.1, -0.05) is 5.92 Å². The zero-order valence-corrected chi connectivity index (χ0v) is 19.5. The summed E-state index contributed by atoms with van der Waals surface area (Å²) in [4.78, 5) is 25.0. The highest BCUT2D eigenvalue weighted by Gasteiger charge is 2.10. The van der Waals surface area contributed by atoms with E-state index in [-0.39, 0.29) is 5.91 Å². The molecule has 0 unspecified atom stereocenters. The highest BCUT2D eigenvalue weighted by atomic mass is 16.5. The summed E-state index contributed by atoms with van der Waals surface area (Å²) in [6.45, 7) is 3.60. The summed E-state index contributed by atoms with van der Waals surface area (Å²) < 4.78 is 8.09. The van der Waals surface area contributed by atoms with Crippen molar-refractivity contribution in [2.75, 3.05) is 10.6 Å². The van der Waals surface area contributed by atoms with Gasteiger partial charge < -0.3 is 19.9 Å². The summed E-state index contributed by atoms with van der Waals surface area (Å²) >= 11 is 0. The second-order valence-corrected chi connectivity index (χ2v) is 8.00. The molecule has 0 spiro atoms. The van der Waals surface area contributed by atoms with Crippen LogP contribution in [0.3, 0.4) is 0 Å². The third-order valence-electron chi connectivity index (χ3n) is 5.49. The number of ether oxygens (including phenoxy) is 1. The SMILES string of the molecule is CC#CC(=O)Nc1ccc2ncnc(Nc3ccc(Oc4ccc5c(c4)ncn5C)c(C)c3)c2c1. The van der Waals surface area contributed by atoms with Gasteiger partial charge in [-0.3, -0.25) is 4.79 Å². The predicted molar refractivity (Wildman–Crippen MR) is 137 cm³/mol. The number of imidazole rings is 1. The zero-order valence-electron chi connectivity index (χ0n) is 19.5. The average Bonchev–Trinajstić information content (AvgIpc) is 3.21. The molecule has 8 heteroatoms. The third-order valence-corrected chi connectivity index (χ3v) is 5.49. The first-order valence-corrected chi connectivity index (χ1v) is 11.0. The summed E-state index contributed by atoms with van der Waals surface area (Å²) in [5.41, 5.74) is 5.11. The zero-order chi connectivity index (χ0) is 24.4. The molecule has 0 aliphatic carbocycles. The Morgan fingerprint density at radius 3 is 2.66 bits per heavy atom. The van der Waals surface area contributed by atoms with Crippen LogP contribution in [0.1, 0.15) is 12.5 Å². The van der Waals surface area contributed by atoms with Gasteiger partial charge in [0.1, 0.15) is 23.6 Å². The van der Waals surface area contributed by atoms with Gasteiger partial charge in [-0.25, -0.2) is 15.0 Å². The van der Waals surface area contributed by atoms with Crippen molar-refractivity contribution in [3.05, 3.63) is 72.8 Å². The minimum Gasteiger partial charge on any atom is -0.457 e. The first kappa shape index (κ1) is 21.9. The molecule has 0 bridgehead atoms. The number of nitrogens with zero attached hydrogens (tertiary/aromatic N) is 4. The first-order chi connectivity index (χ1) is 17.0. The third kappa shape index (κ3) is 4.61. The van der Waals surface area contributed by atoms with E-state index in [1.807, 2.05) is 67.1 Å². The van der Waals surface area contributed by atoms with E-state index in [9.17, 15) is 4.79 Å². The van der Waals surface area contributed by atoms with Crippen LogP contribution in [0, 0.1) is 18.8 Å². The van der Waals surface area contributed by atoms with Crippen molar-refractivity contribution in [3.63, 3.8) is 0 Å². The van der Waals surface area contributed by atoms with Crippen molar-refractivity contribution >= 4 is 45.0 Å². The number of rotatable bonds is 5. The molecule has 0 aliphatic rings. The molecule has 0 atom stereocenters. The minimum absolute atomic E-state index is 0.369. The Bertz CT molecular complexity index is 1640. The maximum absolute atomic E-state index is 11.8. The van der Waals surface area contributed by atoms with Crippen molar-refractivity contribution in [1.29, 1.82) is 0 Å². The lowest BCUT2D eigenvalue weighted by Gasteiger charge is -2.13. The largest absolute Gasteiger partial charge is 0.457 e. The van der Waals surface area contributed by atoms with Gasteiger partial charge in [0, 0.05) is 29.9 Å². The van der Waals surface area contributed by atoms with Gasteiger partial charge in [-0.05, 0) is 73.9 Å². The molecule has 2 heterocycles. The summed E-state index contributed by atoms with van der Waals surface area (Å²) in [6.07, 6.45) is 3.29. The molecule has 5 rings (SSSR count). The summed E-state index contributed by atoms with van der Waals surface area (Å²) in [7, 11) is 1.96. The molecule has 0 saturated heterocycles. The Morgan fingerprint density at radius 2 is 1.83 bits per heavy atom. The summed E-state index contributed by atoms with van der Waals surface area (Å²) in [5, 5.41) is 6.89. The molecule has 0 fully saturated rings. The monoisotopic (exact) mass is 462 g/mol. The molecular weight excluding hydrogens is 440 g/mol. The van der Waals surface area contributed by atoms with E-state index in [0.717, 1.165) is 44.7 Å². The number of aryl methyl sites for hydroxylation is 2. The number of carbonyl (C=O) groups is 1. The normalized spacial score (nSPS) is 10.6. The number of hydrogen-bond acceptors (Lipinski definition) is 6. The van der Waals surface area contributed by atoms with Crippen LogP contribution in [-0.4, -0.2) is 25.4 Å². The van der Waals surface area contributed by atoms with Gasteiger partial charge >= 0.3 is 0 Å². The molecule has 8 nitrogen and oxygen atoms in total. The van der Waals surface area contributed by atoms with Crippen molar-refractivity contribution in [2.24, 2.45) is 7.05 Å². The van der Waals surface area contributed by atoms with Crippen molar-refractivity contribution in [3.8, 4) is 23.3 Å². The predicted octanol–water partition coefficient (Wildman–Crippen LogP) is 5.32. The van der Waals surface area contributed by atoms with Crippen molar-refractivity contribution < 1.29 is 9.53 Å². The lowest BCUT2D eigenvalue weighted by atomic mass is 10.1. The van der Waals surface area contributed by atoms with E-state index in [1.54, 1.807) is 19.3 Å². The number of carbonyl (C=O) groups excluding carboxylic acids is 1. The van der Waals surface area contributed by atoms with Crippen LogP contribution in [0.4, 0.5) is 17.2 Å². The fraction of sp³-hybridized carbons (Fsp3) is 0.111. The van der Waals surface area contributed by atoms with Crippen molar-refractivity contribution in [2.45, 2.75) is 13.8 Å². The van der Waals surface area contributed by atoms with E-state index in [1.165, 1.54) is 6.33 Å². The van der Waals surface area contributed by atoms with E-state index in [4.69, 9.17) is 4.74 Å². The molecule has 172 valence electrons. The minimum atomic E-state index is -0.369. The second kappa shape index (κ2) is 9.15. The highest BCUT2D eigenvalue weighted by Crippen LogP contribution is 2.31. The molecular formula is C27H22N6O2. The maximum atomic E-state index is 11.8. The number of anilines is 3. The van der Waals surface area contributed by atoms with Gasteiger partial charge in [0.2, 0.25) is 0 Å². The maximum Gasteiger partial charge on any atom is 0.300 e. The van der Waals surface area contributed by atoms with Gasteiger partial charge in [0.25, 0.3) is 5.91 Å². The number of nitrogens with one attached hydrogen (secondary N) is 2. The Kier molecular flexibility index (Phi) is 5.73. The Balaban J connectivity index is 1.38. The quantitative estimate of drug-likeness (QED) is 0.343. The van der Waals surface area contributed by atoms with Crippen LogP contribution in [0.15, 0.2) is 67.3 Å². The number of hydrogen-bond donors (Lipinski definition) is 2. The molecule has 5 aromatic rings. The summed E-state index contributed by atoms with van der Waals surface area (Å²) in [6, 6.07) is 17.1. The number of aromatic nitrogens is 4. The van der Waals surface area contributed by atoms with Crippen molar-refractivity contribution in [1.82, 2.24) is 19.5 Å². The Morgan fingerprint density at radius 1 is 0.971 bits per heavy atom. The molecule has 0 radical (unpaired) electrons. The molecule has 2 aromatic heterocycles. The van der Waals surface area contributed by atoms with Crippen LogP contribution in [0.25, 0.3) is 21.9 Å². The number of amides is 1. The highest BCUT2D eigenvalue weighted by molar-refractivity contribution is 6.05. The van der Waals surface area contributed by atoms with E-state index >= 15 is 0 Å². The van der Waals surface area contributed by atoms with Crippen LogP contribution in [0.2, 0.25) is 0 Å². The smallest absolute Gasteiger partial charge is 0.300 e. The van der Waals surface area contributed by atoms with Crippen LogP contribution in [0.5, 0.6) is 11.5 Å². The molecule has 0 saturated carbocycles. The van der Waals surface area contributed by atoms with Crippen LogP contribution in [-0.2, 0) is 11.8 Å². The fourth-order valence-electron chi connectivity index (χ4n) is 3.79.